The van der Waals surface area contributed by atoms with Crippen molar-refractivity contribution < 1.29 is 13.3 Å². The smallest absolute Gasteiger partial charge is 0.238 e. The quantitative estimate of drug-likeness (QED) is 0.164. The van der Waals surface area contributed by atoms with Crippen LogP contribution in [-0.4, -0.2) is 19.5 Å². The second-order valence-electron chi connectivity index (χ2n) is 17.8. The van der Waals surface area contributed by atoms with E-state index in [1.807, 2.05) is 48.5 Å². The molecule has 0 saturated heterocycles. The largest absolute Gasteiger partial charge is 0.456 e. The molecule has 15 aromatic rings. The van der Waals surface area contributed by atoms with Crippen LogP contribution in [0.15, 0.2) is 221 Å². The highest BCUT2D eigenvalue weighted by Gasteiger charge is 2.24. The summed E-state index contributed by atoms with van der Waals surface area (Å²) in [6.45, 7) is 10.2. The van der Waals surface area contributed by atoms with Gasteiger partial charge in [0.25, 0.3) is 0 Å². The zero-order valence-corrected chi connectivity index (χ0v) is 39.1. The molecule has 0 fully saturated rings. The number of rotatable bonds is 4. The summed E-state index contributed by atoms with van der Waals surface area (Å²) in [5.74, 6) is 1.53. The Bertz CT molecular complexity index is 4460. The maximum Gasteiger partial charge on any atom is 0.238 e. The first kappa shape index (κ1) is 41.8. The third-order valence-electron chi connectivity index (χ3n) is 13.4. The van der Waals surface area contributed by atoms with Crippen molar-refractivity contribution in [2.75, 3.05) is 0 Å². The highest BCUT2D eigenvalue weighted by molar-refractivity contribution is 6.22. The number of hydrogen-bond donors (Lipinski definition) is 0. The van der Waals surface area contributed by atoms with Gasteiger partial charge in [0, 0.05) is 65.2 Å². The highest BCUT2D eigenvalue weighted by atomic mass is 16.3. The van der Waals surface area contributed by atoms with Crippen molar-refractivity contribution in [1.29, 1.82) is 0 Å². The first-order valence-corrected chi connectivity index (χ1v) is 24.0. The molecular weight excluding hydrogens is 873 g/mol. The van der Waals surface area contributed by atoms with Gasteiger partial charge in [0.2, 0.25) is 5.95 Å². The van der Waals surface area contributed by atoms with Gasteiger partial charge in [-0.3, -0.25) is 4.57 Å². The van der Waals surface area contributed by atoms with Crippen LogP contribution in [0.4, 0.5) is 0 Å². The number of nitrogens with zero attached hydrogens (tertiary/aromatic N) is 4. The second-order valence-corrected chi connectivity index (χ2v) is 17.8. The molecule has 7 nitrogen and oxygen atoms in total. The highest BCUT2D eigenvalue weighted by Crippen LogP contribution is 2.43. The fourth-order valence-corrected chi connectivity index (χ4v) is 10.4. The third kappa shape index (κ3) is 6.62. The predicted molar refractivity (Wildman–Crippen MR) is 295 cm³/mol. The average Bonchev–Trinajstić information content (AvgIpc) is 4.20. The average molecular weight is 917 g/mol. The van der Waals surface area contributed by atoms with Gasteiger partial charge in [0.1, 0.15) is 33.5 Å². The van der Waals surface area contributed by atoms with Gasteiger partial charge in [-0.2, -0.15) is 9.97 Å². The van der Waals surface area contributed by atoms with E-state index in [2.05, 4.69) is 177 Å². The Balaban J connectivity index is 0.000000951. The SMILES string of the molecule is C=C.CCC.c1ccc2c(c1)ccc1oc3cc(-c4cccc5c6ccc7ccccc7c6n(-c6nc(-c7ccc8c(c7)oc7ccccc78)nc(-c7ccc8c(c7)oc7ccccc78)n6)c45)ccc3c12. The van der Waals surface area contributed by atoms with Crippen LogP contribution in [-0.2, 0) is 0 Å². The van der Waals surface area contributed by atoms with E-state index in [1.54, 1.807) is 0 Å². The van der Waals surface area contributed by atoms with E-state index >= 15 is 0 Å². The summed E-state index contributed by atoms with van der Waals surface area (Å²) in [6, 6.07) is 67.4. The lowest BCUT2D eigenvalue weighted by molar-refractivity contribution is 0.668. The van der Waals surface area contributed by atoms with Gasteiger partial charge < -0.3 is 13.3 Å². The zero-order chi connectivity index (χ0) is 47.7. The molecule has 5 heterocycles. The molecule has 5 aromatic heterocycles. The molecule has 0 bridgehead atoms. The normalized spacial score (nSPS) is 11.7. The van der Waals surface area contributed by atoms with Crippen LogP contribution in [0.25, 0.3) is 149 Å². The van der Waals surface area contributed by atoms with Crippen molar-refractivity contribution >= 4 is 109 Å². The summed E-state index contributed by atoms with van der Waals surface area (Å²) in [4.78, 5) is 16.1. The van der Waals surface area contributed by atoms with Gasteiger partial charge >= 0.3 is 0 Å². The van der Waals surface area contributed by atoms with Gasteiger partial charge in [0.05, 0.1) is 11.0 Å². The minimum Gasteiger partial charge on any atom is -0.456 e. The van der Waals surface area contributed by atoms with Crippen LogP contribution >= 0.6 is 0 Å². The van der Waals surface area contributed by atoms with E-state index in [0.29, 0.717) is 17.6 Å². The Morgan fingerprint density at radius 2 is 0.817 bits per heavy atom. The molecule has 0 spiro atoms. The number of fused-ring (bicyclic) bond motifs is 16. The molecule has 0 unspecified atom stereocenters. The van der Waals surface area contributed by atoms with E-state index < -0.39 is 0 Å². The van der Waals surface area contributed by atoms with Crippen molar-refractivity contribution in [2.24, 2.45) is 0 Å². The molecule has 0 amide bonds. The molecule has 0 radical (unpaired) electrons. The summed E-state index contributed by atoms with van der Waals surface area (Å²) in [5, 5.41) is 13.2. The maximum atomic E-state index is 6.64. The first-order valence-electron chi connectivity index (χ1n) is 24.0. The molecular formula is C64H44N4O3. The van der Waals surface area contributed by atoms with Crippen molar-refractivity contribution in [3.05, 3.63) is 207 Å². The molecule has 71 heavy (non-hydrogen) atoms. The van der Waals surface area contributed by atoms with E-state index in [1.165, 1.54) is 17.2 Å². The van der Waals surface area contributed by atoms with Gasteiger partial charge in [-0.25, -0.2) is 4.98 Å². The molecule has 338 valence electrons. The van der Waals surface area contributed by atoms with Crippen molar-refractivity contribution in [3.8, 4) is 39.9 Å². The summed E-state index contributed by atoms with van der Waals surface area (Å²) in [5.41, 5.74) is 10.5. The fourth-order valence-electron chi connectivity index (χ4n) is 10.4. The van der Waals surface area contributed by atoms with E-state index in [9.17, 15) is 0 Å². The molecule has 7 heteroatoms. The fraction of sp³-hybridized carbons (Fsp3) is 0.0469. The molecule has 15 rings (SSSR count). The molecule has 0 atom stereocenters. The van der Waals surface area contributed by atoms with Gasteiger partial charge in [0.15, 0.2) is 11.6 Å². The number of aromatic nitrogens is 4. The van der Waals surface area contributed by atoms with E-state index in [0.717, 1.165) is 121 Å². The standard InChI is InChI=1S/C59H32N4O3.C3H8.C2H4/c1-3-12-38-33(10-1)24-29-50-54(38)47-28-21-35(30-53(47)66-50)40-16-9-17-45-46-27-20-34-11-2-4-13-39(34)55(46)63(56(40)45)59-61-57(36-22-25-43-41-14-5-7-18-48(41)64-51(43)31-36)60-58(62-59)37-23-26-44-42-15-6-8-19-49(42)65-52(44)32-37;1-3-2;1-2/h1-32H;3H2,1-2H3;1-2H2. The molecule has 0 aliphatic carbocycles. The number of para-hydroxylation sites is 3. The monoisotopic (exact) mass is 916 g/mol. The van der Waals surface area contributed by atoms with Crippen molar-refractivity contribution in [3.63, 3.8) is 0 Å². The number of furan rings is 3. The van der Waals surface area contributed by atoms with Gasteiger partial charge in [-0.1, -0.05) is 160 Å². The molecule has 0 aliphatic heterocycles. The topological polar surface area (TPSA) is 83.0 Å². The Labute approximate surface area is 407 Å². The van der Waals surface area contributed by atoms with Crippen LogP contribution in [0.2, 0.25) is 0 Å². The van der Waals surface area contributed by atoms with E-state index in [-0.39, 0.29) is 0 Å². The Kier molecular flexibility index (Phi) is 9.85. The predicted octanol–water partition coefficient (Wildman–Crippen LogP) is 18.2. The molecule has 0 N–H and O–H groups in total. The Morgan fingerprint density at radius 1 is 0.366 bits per heavy atom. The van der Waals surface area contributed by atoms with Gasteiger partial charge in [-0.15, -0.1) is 13.2 Å². The third-order valence-corrected chi connectivity index (χ3v) is 13.4. The lowest BCUT2D eigenvalue weighted by Crippen LogP contribution is -2.07. The summed E-state index contributed by atoms with van der Waals surface area (Å²) < 4.78 is 21.7. The molecule has 10 aromatic carbocycles. The summed E-state index contributed by atoms with van der Waals surface area (Å²) in [6.07, 6.45) is 1.25. The molecule has 0 aliphatic rings. The number of hydrogen-bond acceptors (Lipinski definition) is 6. The summed E-state index contributed by atoms with van der Waals surface area (Å²) >= 11 is 0. The Hall–Kier alpha value is -9.33. The van der Waals surface area contributed by atoms with Crippen LogP contribution in [0, 0.1) is 0 Å². The summed E-state index contributed by atoms with van der Waals surface area (Å²) in [7, 11) is 0. The van der Waals surface area contributed by atoms with Crippen LogP contribution < -0.4 is 0 Å². The maximum absolute atomic E-state index is 6.64. The van der Waals surface area contributed by atoms with Crippen LogP contribution in [0.3, 0.4) is 0 Å². The zero-order valence-electron chi connectivity index (χ0n) is 39.1. The second kappa shape index (κ2) is 16.7. The van der Waals surface area contributed by atoms with E-state index in [4.69, 9.17) is 28.2 Å². The van der Waals surface area contributed by atoms with Crippen molar-refractivity contribution in [1.82, 2.24) is 19.5 Å². The lowest BCUT2D eigenvalue weighted by Gasteiger charge is -2.14. The first-order chi connectivity index (χ1) is 35.1. The minimum atomic E-state index is 0.490. The minimum absolute atomic E-state index is 0.490. The Morgan fingerprint density at radius 3 is 1.48 bits per heavy atom. The van der Waals surface area contributed by atoms with Gasteiger partial charge in [-0.05, 0) is 76.3 Å². The lowest BCUT2D eigenvalue weighted by atomic mass is 9.99. The van der Waals surface area contributed by atoms with Crippen LogP contribution in [0.5, 0.6) is 0 Å². The van der Waals surface area contributed by atoms with Crippen molar-refractivity contribution in [2.45, 2.75) is 20.3 Å². The number of benzene rings is 10. The van der Waals surface area contributed by atoms with Crippen LogP contribution in [0.1, 0.15) is 20.3 Å². The molecule has 0 saturated carbocycles.